The minimum absolute atomic E-state index is 0. The van der Waals surface area contributed by atoms with Gasteiger partial charge in [-0.15, -0.1) is 24.0 Å². The zero-order valence-electron chi connectivity index (χ0n) is 16.5. The average Bonchev–Trinajstić information content (AvgIpc) is 2.64. The molecule has 1 amide bonds. The van der Waals surface area contributed by atoms with Crippen molar-refractivity contribution in [3.63, 3.8) is 0 Å². The standard InChI is InChI=1S/C20H33N5O.HI/c1-16-6-5-7-17(14-16)15-24-20(22-2)23-10-3-4-11-25-12-8-18(9-13-25)19(21)26;/h5-7,14,18H,3-4,8-13,15H2,1-2H3,(H2,21,26)(H2,22,23,24);1H. The number of unbranched alkanes of at least 4 members (excludes halogenated alkanes) is 1. The van der Waals surface area contributed by atoms with Crippen molar-refractivity contribution in [1.82, 2.24) is 15.5 Å². The van der Waals surface area contributed by atoms with Crippen LogP contribution in [0.4, 0.5) is 0 Å². The van der Waals surface area contributed by atoms with E-state index >= 15 is 0 Å². The molecule has 0 bridgehead atoms. The lowest BCUT2D eigenvalue weighted by Crippen LogP contribution is -2.39. The van der Waals surface area contributed by atoms with Crippen molar-refractivity contribution in [2.24, 2.45) is 16.6 Å². The Morgan fingerprint density at radius 1 is 1.26 bits per heavy atom. The molecule has 1 heterocycles. The number of piperidine rings is 1. The van der Waals surface area contributed by atoms with Gasteiger partial charge in [-0.1, -0.05) is 29.8 Å². The van der Waals surface area contributed by atoms with Crippen LogP contribution in [0.25, 0.3) is 0 Å². The first-order chi connectivity index (χ1) is 12.6. The first kappa shape index (κ1) is 23.7. The Bertz CT molecular complexity index is 600. The second kappa shape index (κ2) is 12.9. The van der Waals surface area contributed by atoms with E-state index in [1.54, 1.807) is 7.05 Å². The number of amides is 1. The second-order valence-electron chi connectivity index (χ2n) is 7.07. The smallest absolute Gasteiger partial charge is 0.220 e. The Morgan fingerprint density at radius 3 is 2.63 bits per heavy atom. The summed E-state index contributed by atoms with van der Waals surface area (Å²) in [7, 11) is 1.80. The molecular weight excluding hydrogens is 453 g/mol. The van der Waals surface area contributed by atoms with E-state index in [4.69, 9.17) is 5.73 Å². The molecule has 1 aliphatic heterocycles. The molecule has 0 aromatic heterocycles. The van der Waals surface area contributed by atoms with Crippen LogP contribution in [0.2, 0.25) is 0 Å². The fraction of sp³-hybridized carbons (Fsp3) is 0.600. The topological polar surface area (TPSA) is 82.8 Å². The molecule has 0 unspecified atom stereocenters. The summed E-state index contributed by atoms with van der Waals surface area (Å²) in [6, 6.07) is 8.48. The van der Waals surface area contributed by atoms with Gasteiger partial charge in [-0.05, 0) is 57.8 Å². The van der Waals surface area contributed by atoms with Crippen LogP contribution in [-0.4, -0.2) is 50.0 Å². The number of carbonyl (C=O) groups is 1. The molecule has 2 rings (SSSR count). The number of aryl methyl sites for hydroxylation is 1. The van der Waals surface area contributed by atoms with Gasteiger partial charge in [0.15, 0.2) is 5.96 Å². The molecule has 27 heavy (non-hydrogen) atoms. The number of likely N-dealkylation sites (tertiary alicyclic amines) is 1. The van der Waals surface area contributed by atoms with Gasteiger partial charge in [-0.3, -0.25) is 9.79 Å². The normalized spacial score (nSPS) is 15.9. The van der Waals surface area contributed by atoms with Gasteiger partial charge in [0.2, 0.25) is 5.91 Å². The van der Waals surface area contributed by atoms with E-state index in [-0.39, 0.29) is 35.8 Å². The molecule has 4 N–H and O–H groups in total. The summed E-state index contributed by atoms with van der Waals surface area (Å²) in [5.41, 5.74) is 7.91. The van der Waals surface area contributed by atoms with Crippen LogP contribution in [0.15, 0.2) is 29.3 Å². The number of hydrogen-bond donors (Lipinski definition) is 3. The minimum atomic E-state index is -0.140. The third kappa shape index (κ3) is 8.92. The SMILES string of the molecule is CN=C(NCCCCN1CCC(C(N)=O)CC1)NCc1cccc(C)c1.I. The fourth-order valence-electron chi connectivity index (χ4n) is 3.34. The number of nitrogens with one attached hydrogen (secondary N) is 2. The first-order valence-corrected chi connectivity index (χ1v) is 9.60. The molecule has 0 saturated carbocycles. The van der Waals surface area contributed by atoms with Crippen molar-refractivity contribution in [3.05, 3.63) is 35.4 Å². The van der Waals surface area contributed by atoms with E-state index in [1.165, 1.54) is 11.1 Å². The highest BCUT2D eigenvalue weighted by molar-refractivity contribution is 14.0. The third-order valence-corrected chi connectivity index (χ3v) is 4.95. The molecule has 1 fully saturated rings. The monoisotopic (exact) mass is 487 g/mol. The largest absolute Gasteiger partial charge is 0.369 e. The van der Waals surface area contributed by atoms with Crippen molar-refractivity contribution in [2.75, 3.05) is 33.2 Å². The Kier molecular flexibility index (Phi) is 11.3. The third-order valence-electron chi connectivity index (χ3n) is 4.95. The van der Waals surface area contributed by atoms with Crippen LogP contribution in [0.5, 0.6) is 0 Å². The highest BCUT2D eigenvalue weighted by Crippen LogP contribution is 2.16. The molecule has 0 radical (unpaired) electrons. The lowest BCUT2D eigenvalue weighted by Gasteiger charge is -2.30. The molecule has 1 saturated heterocycles. The predicted octanol–water partition coefficient (Wildman–Crippen LogP) is 2.26. The molecule has 1 aliphatic rings. The minimum Gasteiger partial charge on any atom is -0.369 e. The summed E-state index contributed by atoms with van der Waals surface area (Å²) < 4.78 is 0. The number of carbonyl (C=O) groups excluding carboxylic acids is 1. The molecule has 1 aromatic rings. The highest BCUT2D eigenvalue weighted by Gasteiger charge is 2.22. The summed E-state index contributed by atoms with van der Waals surface area (Å²) in [4.78, 5) is 17.9. The predicted molar refractivity (Wildman–Crippen MR) is 122 cm³/mol. The highest BCUT2D eigenvalue weighted by atomic mass is 127. The lowest BCUT2D eigenvalue weighted by molar-refractivity contribution is -0.123. The van der Waals surface area contributed by atoms with Crippen LogP contribution in [0, 0.1) is 12.8 Å². The van der Waals surface area contributed by atoms with Crippen molar-refractivity contribution in [3.8, 4) is 0 Å². The number of aliphatic imine (C=N–C) groups is 1. The number of halogens is 1. The molecule has 7 heteroatoms. The van der Waals surface area contributed by atoms with Crippen molar-refractivity contribution in [1.29, 1.82) is 0 Å². The summed E-state index contributed by atoms with van der Waals surface area (Å²) in [5.74, 6) is 0.780. The Hall–Kier alpha value is -1.35. The number of benzene rings is 1. The maximum absolute atomic E-state index is 11.2. The van der Waals surface area contributed by atoms with Crippen LogP contribution >= 0.6 is 24.0 Å². The summed E-state index contributed by atoms with van der Waals surface area (Å²) in [6.45, 7) is 6.85. The molecule has 6 nitrogen and oxygen atoms in total. The van der Waals surface area contributed by atoms with Gasteiger partial charge >= 0.3 is 0 Å². The number of guanidine groups is 1. The second-order valence-corrected chi connectivity index (χ2v) is 7.07. The molecule has 0 spiro atoms. The van der Waals surface area contributed by atoms with Gasteiger partial charge in [-0.2, -0.15) is 0 Å². The maximum atomic E-state index is 11.2. The van der Waals surface area contributed by atoms with Gasteiger partial charge in [0.05, 0.1) is 0 Å². The van der Waals surface area contributed by atoms with Gasteiger partial charge < -0.3 is 21.3 Å². The van der Waals surface area contributed by atoms with Crippen molar-refractivity contribution >= 4 is 35.8 Å². The Balaban J connectivity index is 0.00000364. The van der Waals surface area contributed by atoms with Gasteiger partial charge in [0.1, 0.15) is 0 Å². The van der Waals surface area contributed by atoms with Crippen molar-refractivity contribution < 1.29 is 4.79 Å². The molecular formula is C20H34IN5O. The van der Waals surface area contributed by atoms with E-state index < -0.39 is 0 Å². The van der Waals surface area contributed by atoms with Gasteiger partial charge in [0, 0.05) is 26.1 Å². The summed E-state index contributed by atoms with van der Waals surface area (Å²) >= 11 is 0. The Labute approximate surface area is 180 Å². The maximum Gasteiger partial charge on any atom is 0.220 e. The van der Waals surface area contributed by atoms with Crippen molar-refractivity contribution in [2.45, 2.75) is 39.2 Å². The van der Waals surface area contributed by atoms with Crippen LogP contribution in [-0.2, 0) is 11.3 Å². The molecule has 0 atom stereocenters. The van der Waals surface area contributed by atoms with Crippen LogP contribution in [0.1, 0.15) is 36.8 Å². The quantitative estimate of drug-likeness (QED) is 0.228. The number of rotatable bonds is 8. The number of nitrogens with two attached hydrogens (primary N) is 1. The van der Waals surface area contributed by atoms with Crippen LogP contribution in [0.3, 0.4) is 0 Å². The van der Waals surface area contributed by atoms with E-state index in [0.29, 0.717) is 0 Å². The number of nitrogens with zero attached hydrogens (tertiary/aromatic N) is 2. The van der Waals surface area contributed by atoms with Gasteiger partial charge in [-0.25, -0.2) is 0 Å². The zero-order chi connectivity index (χ0) is 18.8. The zero-order valence-corrected chi connectivity index (χ0v) is 18.9. The Morgan fingerprint density at radius 2 is 2.00 bits per heavy atom. The summed E-state index contributed by atoms with van der Waals surface area (Å²) in [5, 5.41) is 6.73. The first-order valence-electron chi connectivity index (χ1n) is 9.60. The number of hydrogen-bond acceptors (Lipinski definition) is 3. The molecule has 0 aliphatic carbocycles. The number of primary amides is 1. The average molecular weight is 487 g/mol. The van der Waals surface area contributed by atoms with Gasteiger partial charge in [0.25, 0.3) is 0 Å². The summed E-state index contributed by atoms with van der Waals surface area (Å²) in [6.07, 6.45) is 4.05. The fourth-order valence-corrected chi connectivity index (χ4v) is 3.34. The van der Waals surface area contributed by atoms with E-state index in [9.17, 15) is 4.79 Å². The van der Waals surface area contributed by atoms with E-state index in [2.05, 4.69) is 51.7 Å². The lowest BCUT2D eigenvalue weighted by atomic mass is 9.96. The van der Waals surface area contributed by atoms with E-state index in [0.717, 1.165) is 64.4 Å². The molecule has 1 aromatic carbocycles. The molecule has 152 valence electrons. The van der Waals surface area contributed by atoms with Crippen LogP contribution < -0.4 is 16.4 Å². The van der Waals surface area contributed by atoms with E-state index in [1.807, 2.05) is 0 Å².